The van der Waals surface area contributed by atoms with Gasteiger partial charge in [-0.2, -0.15) is 25.7 Å². The Morgan fingerprint density at radius 3 is 1.40 bits per heavy atom. The van der Waals surface area contributed by atoms with E-state index in [1.165, 1.54) is 13.3 Å². The van der Waals surface area contributed by atoms with Gasteiger partial charge in [0, 0.05) is 131 Å². The number of ether oxygens (including phenoxy) is 2. The van der Waals surface area contributed by atoms with Crippen molar-refractivity contribution in [2.45, 2.75) is 45.1 Å². The van der Waals surface area contributed by atoms with E-state index in [4.69, 9.17) is 25.9 Å². The second-order valence-electron chi connectivity index (χ2n) is 21.1. The number of halogens is 4. The summed E-state index contributed by atoms with van der Waals surface area (Å²) < 4.78 is 18.0. The third-order valence-corrected chi connectivity index (χ3v) is 14.4. The number of amides is 1. The summed E-state index contributed by atoms with van der Waals surface area (Å²) in [7, 11) is 8.66. The van der Waals surface area contributed by atoms with Crippen molar-refractivity contribution in [1.82, 2.24) is 94.9 Å². The molecule has 10 rings (SSSR count). The number of amidine groups is 1. The summed E-state index contributed by atoms with van der Waals surface area (Å²) in [6.45, 7) is 12.5. The summed E-state index contributed by atoms with van der Waals surface area (Å²) in [5.74, 6) is 5.45. The number of rotatable bonds is 18. The van der Waals surface area contributed by atoms with Gasteiger partial charge < -0.3 is 41.9 Å². The summed E-state index contributed by atoms with van der Waals surface area (Å²) in [5, 5.41) is 44.7. The molecule has 2 atom stereocenters. The molecule has 2 unspecified atom stereocenters. The minimum Gasteiger partial charge on any atom is -0.481 e. The van der Waals surface area contributed by atoms with Crippen molar-refractivity contribution in [1.29, 1.82) is 10.7 Å². The molecule has 0 saturated carbocycles. The number of hydrazone groups is 1. The maximum absolute atomic E-state index is 11.6. The maximum Gasteiger partial charge on any atom is 0.407 e. The normalized spacial score (nSPS) is 11.2. The lowest BCUT2D eigenvalue weighted by Gasteiger charge is -2.21. The highest BCUT2D eigenvalue weighted by Crippen LogP contribution is 2.19. The van der Waals surface area contributed by atoms with Crippen LogP contribution in [0.3, 0.4) is 0 Å². The monoisotopic (exact) mass is 1580 g/mol. The molecule has 1 amide bonds. The third-order valence-electron chi connectivity index (χ3n) is 11.9. The predicted octanol–water partition coefficient (Wildman–Crippen LogP) is 10.9. The minimum atomic E-state index is -0.486. The van der Waals surface area contributed by atoms with Gasteiger partial charge in [0.1, 0.15) is 60.7 Å². The lowest BCUT2D eigenvalue weighted by Crippen LogP contribution is -2.36. The Bertz CT molecular complexity index is 3980. The fraction of sp³-hybridized carbons (Fsp3) is 0.290. The molecule has 10 heterocycles. The van der Waals surface area contributed by atoms with Crippen LogP contribution in [0.1, 0.15) is 51.3 Å². The highest BCUT2D eigenvalue weighted by Gasteiger charge is 2.17. The van der Waals surface area contributed by atoms with Gasteiger partial charge in [-0.25, -0.2) is 59.6 Å². The number of hydrogen-bond donors (Lipinski definition) is 7. The Balaban J connectivity index is 0.000000218. The van der Waals surface area contributed by atoms with Crippen molar-refractivity contribution in [3.05, 3.63) is 176 Å². The molecule has 34 heteroatoms. The second-order valence-corrected chi connectivity index (χ2v) is 25.2. The Hall–Kier alpha value is -9.43. The van der Waals surface area contributed by atoms with E-state index >= 15 is 0 Å². The Morgan fingerprint density at radius 1 is 0.604 bits per heavy atom. The van der Waals surface area contributed by atoms with Crippen LogP contribution in [0, 0.1) is 28.6 Å². The first-order valence-corrected chi connectivity index (χ1v) is 33.4. The number of thioether (sulfide) groups is 1. The van der Waals surface area contributed by atoms with Gasteiger partial charge in [0.05, 0.1) is 18.2 Å². The van der Waals surface area contributed by atoms with Gasteiger partial charge in [-0.15, -0.1) is 11.8 Å². The second kappa shape index (κ2) is 40.7. The average molecular weight is 1580 g/mol. The molecule has 504 valence electrons. The number of nitriles is 1. The molecule has 10 aromatic rings. The maximum atomic E-state index is 11.6. The molecule has 0 aliphatic heterocycles. The molecule has 0 aliphatic carbocycles. The van der Waals surface area contributed by atoms with Crippen molar-refractivity contribution in [2.75, 3.05) is 62.5 Å². The first kappa shape index (κ1) is 77.3. The van der Waals surface area contributed by atoms with E-state index in [-0.39, 0.29) is 11.8 Å². The number of alkyl carbamates (subject to hydrolysis) is 1. The molecule has 0 bridgehead atoms. The minimum absolute atomic E-state index is 0.130. The Morgan fingerprint density at radius 2 is 1.03 bits per heavy atom. The van der Waals surface area contributed by atoms with Crippen LogP contribution in [0.15, 0.2) is 170 Å². The SMILES string of the molecule is CC(CNC(=O)OC(C)(C)C)CNc1ccc(-c2ncn(C)n2)cn1.CNN=C(N)c1ccc(Br)nc1.COC(=N)c1ccc(Br)nc1.CSc1cnc(NCC(C)CNc2ccc(-c3ncn(C)n3)cn2)nc1.Cn1cnc(-c2ccc(Br)nc2)n1.N#Cc1ccc(Br)nc1. The molecule has 0 spiro atoms. The molecule has 29 nitrogen and oxygen atoms in total. The van der Waals surface area contributed by atoms with E-state index in [2.05, 4.69) is 173 Å². The predicted molar refractivity (Wildman–Crippen MR) is 386 cm³/mol. The number of nitrogens with zero attached hydrogens (tertiary/aromatic N) is 19. The zero-order chi connectivity index (χ0) is 70.0. The molecule has 0 fully saturated rings. The first-order chi connectivity index (χ1) is 45.9. The van der Waals surface area contributed by atoms with E-state index in [0.29, 0.717) is 59.4 Å². The zero-order valence-corrected chi connectivity index (χ0v) is 61.6. The number of carbonyl (C=O) groups excluding carboxylic acids is 1. The number of methoxy groups -OCH3 is 1. The van der Waals surface area contributed by atoms with Gasteiger partial charge in [0.25, 0.3) is 0 Å². The smallest absolute Gasteiger partial charge is 0.407 e. The highest BCUT2D eigenvalue weighted by atomic mass is 79.9. The van der Waals surface area contributed by atoms with Crippen LogP contribution in [0.25, 0.3) is 34.2 Å². The van der Waals surface area contributed by atoms with Gasteiger partial charge >= 0.3 is 6.09 Å². The summed E-state index contributed by atoms with van der Waals surface area (Å²) in [4.78, 5) is 58.5. The van der Waals surface area contributed by atoms with Crippen LogP contribution in [0.4, 0.5) is 22.4 Å². The van der Waals surface area contributed by atoms with E-state index in [1.807, 2.05) is 122 Å². The van der Waals surface area contributed by atoms with Gasteiger partial charge in [-0.3, -0.25) is 19.5 Å². The van der Waals surface area contributed by atoms with Crippen molar-refractivity contribution < 1.29 is 14.3 Å². The van der Waals surface area contributed by atoms with E-state index in [0.717, 1.165) is 70.3 Å². The van der Waals surface area contributed by atoms with Gasteiger partial charge in [-0.1, -0.05) is 13.8 Å². The van der Waals surface area contributed by atoms with Crippen LogP contribution in [-0.2, 0) is 30.6 Å². The van der Waals surface area contributed by atoms with E-state index in [1.54, 1.807) is 107 Å². The van der Waals surface area contributed by atoms with Crippen molar-refractivity contribution in [3.63, 3.8) is 0 Å². The zero-order valence-electron chi connectivity index (χ0n) is 54.5. The van der Waals surface area contributed by atoms with Crippen molar-refractivity contribution >= 4 is 111 Å². The molecular formula is C62H74Br4N26O3S. The number of pyridine rings is 6. The highest BCUT2D eigenvalue weighted by molar-refractivity contribution is 9.11. The fourth-order valence-corrected chi connectivity index (χ4v) is 8.27. The molecule has 0 radical (unpaired) electrons. The van der Waals surface area contributed by atoms with Crippen molar-refractivity contribution in [2.24, 2.45) is 43.8 Å². The lowest BCUT2D eigenvalue weighted by molar-refractivity contribution is 0.0521. The topological polar surface area (TPSA) is 377 Å². The average Bonchev–Trinajstić information content (AvgIpc) is 1.88. The molecule has 0 aliphatic rings. The largest absolute Gasteiger partial charge is 0.481 e. The summed E-state index contributed by atoms with van der Waals surface area (Å²) in [6, 6.07) is 24.1. The van der Waals surface area contributed by atoms with Gasteiger partial charge in [-0.05, 0) is 175 Å². The summed E-state index contributed by atoms with van der Waals surface area (Å²) in [5.41, 5.74) is 12.4. The summed E-state index contributed by atoms with van der Waals surface area (Å²) in [6.07, 6.45) is 20.3. The van der Waals surface area contributed by atoms with Gasteiger partial charge in [0.2, 0.25) is 11.8 Å². The lowest BCUT2D eigenvalue weighted by atomic mass is 10.2. The number of carbonyl (C=O) groups is 1. The molecule has 96 heavy (non-hydrogen) atoms. The number of nitrogens with one attached hydrogen (secondary N) is 6. The number of hydrogen-bond acceptors (Lipinski definition) is 25. The molecule has 8 N–H and O–H groups in total. The fourth-order valence-electron chi connectivity index (χ4n) is 7.02. The van der Waals surface area contributed by atoms with Crippen molar-refractivity contribution in [3.8, 4) is 40.2 Å². The Labute approximate surface area is 594 Å². The molecule has 10 aromatic heterocycles. The number of aryl methyl sites for hydroxylation is 3. The molecular weight excluding hydrogens is 1510 g/mol. The van der Waals surface area contributed by atoms with Crippen LogP contribution in [0.5, 0.6) is 0 Å². The molecule has 0 saturated heterocycles. The van der Waals surface area contributed by atoms with Crippen LogP contribution < -0.4 is 32.4 Å². The summed E-state index contributed by atoms with van der Waals surface area (Å²) >= 11 is 14.5. The quantitative estimate of drug-likeness (QED) is 0.0138. The van der Waals surface area contributed by atoms with E-state index in [9.17, 15) is 4.79 Å². The van der Waals surface area contributed by atoms with E-state index < -0.39 is 11.7 Å². The van der Waals surface area contributed by atoms with Crippen LogP contribution in [-0.4, -0.2) is 154 Å². The van der Waals surface area contributed by atoms with Gasteiger partial charge in [0.15, 0.2) is 23.3 Å². The van der Waals surface area contributed by atoms with Crippen LogP contribution in [0.2, 0.25) is 0 Å². The number of aromatic nitrogens is 17. The van der Waals surface area contributed by atoms with Crippen LogP contribution >= 0.6 is 75.5 Å². The number of anilines is 3. The number of nitrogens with two attached hydrogens (primary N) is 1. The Kier molecular flexibility index (Phi) is 32.8. The standard InChI is InChI=1S/C17H22N8S.C17H26N6O2.C8H7BrN4.C7H9BrN4.C7H7BrN2O.C6H3BrN2/c1-12(7-20-17-21-9-14(26-3)10-22-17)6-18-15-5-4-13(8-19-15)16-23-11-25(2)24-16;1-12(9-20-16(24)25-17(2,3)4)8-18-14-7-6-13(10-19-14)15-21-11-23(5)22-15;1-13-5-11-8(12-13)6-2-3-7(9)10-4-6;1-10-12-7(9)5-2-3-6(8)11-4-5;1-11-7(9)5-2-3-6(8)10-4-5;7-6-2-1-5(3-8)4-9-6/h4-5,8-12H,6-7H2,1-3H3,(H,18,19)(H,20,21,22);6-7,10-12H,8-9H2,1-5H3,(H,18,19)(H,20,24);2-5H,1H3;2-4,10H,1H3,(H2,9,12);2-4,9H,1H3;1-2,4H. The third kappa shape index (κ3) is 29.5. The first-order valence-electron chi connectivity index (χ1n) is 29.0. The molecule has 0 aromatic carbocycles.